The first-order chi connectivity index (χ1) is 6.15. The fraction of sp³-hybridized carbons (Fsp3) is 0.714. The molecule has 0 aromatic rings. The van der Waals surface area contributed by atoms with Crippen molar-refractivity contribution in [2.24, 2.45) is 0 Å². The van der Waals surface area contributed by atoms with Crippen molar-refractivity contribution in [3.63, 3.8) is 0 Å². The summed E-state index contributed by atoms with van der Waals surface area (Å²) >= 11 is 0. The van der Waals surface area contributed by atoms with Crippen LogP contribution in [-0.2, 0) is 9.63 Å². The van der Waals surface area contributed by atoms with E-state index in [9.17, 15) is 9.59 Å². The van der Waals surface area contributed by atoms with Gasteiger partial charge in [-0.2, -0.15) is 0 Å². The van der Waals surface area contributed by atoms with Crippen molar-refractivity contribution in [2.75, 3.05) is 20.7 Å². The van der Waals surface area contributed by atoms with Crippen molar-refractivity contribution < 1.29 is 14.4 Å². The molecule has 0 spiro atoms. The van der Waals surface area contributed by atoms with E-state index in [1.807, 2.05) is 0 Å². The second-order valence-electron chi connectivity index (χ2n) is 2.88. The van der Waals surface area contributed by atoms with Gasteiger partial charge in [0.05, 0.1) is 7.11 Å². The fourth-order valence-corrected chi connectivity index (χ4v) is 1.24. The van der Waals surface area contributed by atoms with Crippen LogP contribution in [0.5, 0.6) is 0 Å². The van der Waals surface area contributed by atoms with Gasteiger partial charge in [0.2, 0.25) is 5.91 Å². The highest BCUT2D eigenvalue weighted by Gasteiger charge is 2.29. The molecule has 1 unspecified atom stereocenters. The van der Waals surface area contributed by atoms with E-state index in [-0.39, 0.29) is 5.91 Å². The molecule has 74 valence electrons. The molecule has 13 heavy (non-hydrogen) atoms. The molecule has 0 aromatic carbocycles. The van der Waals surface area contributed by atoms with E-state index in [2.05, 4.69) is 15.6 Å². The second-order valence-corrected chi connectivity index (χ2v) is 2.88. The maximum Gasteiger partial charge on any atom is 0.339 e. The van der Waals surface area contributed by atoms with Gasteiger partial charge in [-0.1, -0.05) is 0 Å². The molecular weight excluding hydrogens is 174 g/mol. The van der Waals surface area contributed by atoms with Crippen molar-refractivity contribution in [3.05, 3.63) is 0 Å². The zero-order valence-electron chi connectivity index (χ0n) is 7.66. The molecule has 0 bridgehead atoms. The monoisotopic (exact) mass is 187 g/mol. The molecule has 2 N–H and O–H groups in total. The molecule has 6 nitrogen and oxygen atoms in total. The molecule has 0 saturated carbocycles. The minimum absolute atomic E-state index is 0.0637. The normalized spacial score (nSPS) is 21.8. The smallest absolute Gasteiger partial charge is 0.339 e. The number of carbonyl (C=O) groups is 2. The SMILES string of the molecule is CONC(=O)NC1CCN(C)C1=O. The van der Waals surface area contributed by atoms with E-state index in [1.54, 1.807) is 11.9 Å². The first-order valence-corrected chi connectivity index (χ1v) is 3.99. The van der Waals surface area contributed by atoms with Crippen LogP contribution in [0.3, 0.4) is 0 Å². The standard InChI is InChI=1S/C7H13N3O3/c1-10-4-3-5(6(10)11)8-7(12)9-13-2/h5H,3-4H2,1-2H3,(H2,8,9,12). The molecule has 0 radical (unpaired) electrons. The third kappa shape index (κ3) is 2.32. The summed E-state index contributed by atoms with van der Waals surface area (Å²) in [5, 5.41) is 2.49. The summed E-state index contributed by atoms with van der Waals surface area (Å²) < 4.78 is 0. The lowest BCUT2D eigenvalue weighted by Gasteiger charge is -2.11. The summed E-state index contributed by atoms with van der Waals surface area (Å²) in [5.74, 6) is -0.0637. The van der Waals surface area contributed by atoms with Gasteiger partial charge in [0.1, 0.15) is 6.04 Å². The molecule has 0 aromatic heterocycles. The van der Waals surface area contributed by atoms with Gasteiger partial charge >= 0.3 is 6.03 Å². The van der Waals surface area contributed by atoms with Gasteiger partial charge in [-0.25, -0.2) is 10.3 Å². The number of likely N-dealkylation sites (N-methyl/N-ethyl adjacent to an activating group) is 1. The maximum absolute atomic E-state index is 11.3. The third-order valence-corrected chi connectivity index (χ3v) is 1.93. The second kappa shape index (κ2) is 4.08. The zero-order valence-corrected chi connectivity index (χ0v) is 7.66. The number of rotatable bonds is 2. The summed E-state index contributed by atoms with van der Waals surface area (Å²) in [5.41, 5.74) is 2.09. The molecule has 0 aliphatic carbocycles. The first-order valence-electron chi connectivity index (χ1n) is 3.99. The lowest BCUT2D eigenvalue weighted by atomic mass is 10.2. The van der Waals surface area contributed by atoms with Crippen molar-refractivity contribution in [2.45, 2.75) is 12.5 Å². The Morgan fingerprint density at radius 1 is 1.69 bits per heavy atom. The summed E-state index contributed by atoms with van der Waals surface area (Å²) in [6, 6.07) is -0.906. The van der Waals surface area contributed by atoms with Crippen LogP contribution in [0, 0.1) is 0 Å². The van der Waals surface area contributed by atoms with Crippen LogP contribution in [0.4, 0.5) is 4.79 Å². The van der Waals surface area contributed by atoms with Crippen LogP contribution in [0.25, 0.3) is 0 Å². The Kier molecular flexibility index (Phi) is 3.07. The van der Waals surface area contributed by atoms with Crippen molar-refractivity contribution in [1.82, 2.24) is 15.7 Å². The van der Waals surface area contributed by atoms with Gasteiger partial charge < -0.3 is 10.2 Å². The lowest BCUT2D eigenvalue weighted by Crippen LogP contribution is -2.45. The minimum atomic E-state index is -0.490. The van der Waals surface area contributed by atoms with Crippen LogP contribution in [0.1, 0.15) is 6.42 Å². The predicted octanol–water partition coefficient (Wildman–Crippen LogP) is -0.922. The van der Waals surface area contributed by atoms with Crippen LogP contribution < -0.4 is 10.8 Å². The Bertz CT molecular complexity index is 219. The molecule has 3 amide bonds. The number of carbonyl (C=O) groups excluding carboxylic acids is 2. The molecule has 1 fully saturated rings. The van der Waals surface area contributed by atoms with E-state index in [4.69, 9.17) is 0 Å². The Labute approximate surface area is 76.2 Å². The van der Waals surface area contributed by atoms with Crippen LogP contribution in [0.15, 0.2) is 0 Å². The maximum atomic E-state index is 11.3. The summed E-state index contributed by atoms with van der Waals surface area (Å²) in [4.78, 5) is 28.2. The number of nitrogens with one attached hydrogen (secondary N) is 2. The first kappa shape index (κ1) is 9.79. The van der Waals surface area contributed by atoms with Gasteiger partial charge in [-0.05, 0) is 6.42 Å². The number of likely N-dealkylation sites (tertiary alicyclic amines) is 1. The van der Waals surface area contributed by atoms with Crippen LogP contribution in [-0.4, -0.2) is 43.6 Å². The third-order valence-electron chi connectivity index (χ3n) is 1.93. The minimum Gasteiger partial charge on any atom is -0.344 e. The van der Waals surface area contributed by atoms with Crippen molar-refractivity contribution >= 4 is 11.9 Å². The molecule has 1 rings (SSSR count). The number of hydroxylamine groups is 1. The number of amides is 3. The highest BCUT2D eigenvalue weighted by molar-refractivity contribution is 5.88. The summed E-state index contributed by atoms with van der Waals surface area (Å²) in [6.07, 6.45) is 0.645. The Morgan fingerprint density at radius 3 is 2.85 bits per heavy atom. The topological polar surface area (TPSA) is 70.7 Å². The van der Waals surface area contributed by atoms with E-state index >= 15 is 0 Å². The molecule has 1 atom stereocenters. The predicted molar refractivity (Wildman–Crippen MR) is 44.7 cm³/mol. The van der Waals surface area contributed by atoms with Gasteiger partial charge in [0, 0.05) is 13.6 Å². The quantitative estimate of drug-likeness (QED) is 0.549. The molecule has 6 heteroatoms. The largest absolute Gasteiger partial charge is 0.344 e. The fourth-order valence-electron chi connectivity index (χ4n) is 1.24. The number of urea groups is 1. The average molecular weight is 187 g/mol. The average Bonchev–Trinajstić information content (AvgIpc) is 2.37. The molecule has 1 heterocycles. The van der Waals surface area contributed by atoms with Gasteiger partial charge in [0.15, 0.2) is 0 Å². The summed E-state index contributed by atoms with van der Waals surface area (Å²) in [7, 11) is 3.04. The van der Waals surface area contributed by atoms with Gasteiger partial charge in [-0.3, -0.25) is 9.63 Å². The van der Waals surface area contributed by atoms with Crippen LogP contribution >= 0.6 is 0 Å². The van der Waals surface area contributed by atoms with Crippen molar-refractivity contribution in [3.8, 4) is 0 Å². The number of nitrogens with zero attached hydrogens (tertiary/aromatic N) is 1. The van der Waals surface area contributed by atoms with Gasteiger partial charge in [-0.15, -0.1) is 0 Å². The Morgan fingerprint density at radius 2 is 2.38 bits per heavy atom. The lowest BCUT2D eigenvalue weighted by molar-refractivity contribution is -0.128. The highest BCUT2D eigenvalue weighted by Crippen LogP contribution is 2.07. The molecule has 1 aliphatic rings. The van der Waals surface area contributed by atoms with E-state index < -0.39 is 12.1 Å². The zero-order chi connectivity index (χ0) is 9.84. The summed E-state index contributed by atoms with van der Waals surface area (Å²) in [6.45, 7) is 0.677. The molecular formula is C7H13N3O3. The van der Waals surface area contributed by atoms with E-state index in [0.717, 1.165) is 0 Å². The number of hydrogen-bond acceptors (Lipinski definition) is 3. The Balaban J connectivity index is 2.38. The van der Waals surface area contributed by atoms with Crippen molar-refractivity contribution in [1.29, 1.82) is 0 Å². The van der Waals surface area contributed by atoms with Gasteiger partial charge in [0.25, 0.3) is 0 Å². The number of hydrogen-bond donors (Lipinski definition) is 2. The van der Waals surface area contributed by atoms with E-state index in [0.29, 0.717) is 13.0 Å². The molecule has 1 saturated heterocycles. The van der Waals surface area contributed by atoms with E-state index in [1.165, 1.54) is 7.11 Å². The van der Waals surface area contributed by atoms with Crippen LogP contribution in [0.2, 0.25) is 0 Å². The Hall–Kier alpha value is -1.30. The molecule has 1 aliphatic heterocycles. The highest BCUT2D eigenvalue weighted by atomic mass is 16.6.